The van der Waals surface area contributed by atoms with Crippen LogP contribution in [0.2, 0.25) is 0 Å². The summed E-state index contributed by atoms with van der Waals surface area (Å²) in [4.78, 5) is 6.84. The Kier molecular flexibility index (Phi) is 3.22. The van der Waals surface area contributed by atoms with Crippen LogP contribution in [0.4, 0.5) is 5.82 Å². The molecule has 1 fully saturated rings. The van der Waals surface area contributed by atoms with Crippen molar-refractivity contribution in [2.24, 2.45) is 0 Å². The summed E-state index contributed by atoms with van der Waals surface area (Å²) in [5.74, 6) is 0.958. The first-order chi connectivity index (χ1) is 8.72. The van der Waals surface area contributed by atoms with Gasteiger partial charge in [-0.2, -0.15) is 0 Å². The summed E-state index contributed by atoms with van der Waals surface area (Å²) in [6.07, 6.45) is 1.70. The number of hydrogen-bond donors (Lipinski definition) is 1. The van der Waals surface area contributed by atoms with Crippen LogP contribution in [0.5, 0.6) is 0 Å². The average Bonchev–Trinajstić information content (AvgIpc) is 2.38. The highest BCUT2D eigenvalue weighted by Crippen LogP contribution is 2.23. The fourth-order valence-electron chi connectivity index (χ4n) is 2.42. The van der Waals surface area contributed by atoms with Crippen molar-refractivity contribution in [1.29, 1.82) is 0 Å². The summed E-state index contributed by atoms with van der Waals surface area (Å²) in [6.45, 7) is 1.66. The van der Waals surface area contributed by atoms with E-state index in [-0.39, 0.29) is 6.10 Å². The van der Waals surface area contributed by atoms with Gasteiger partial charge in [0.25, 0.3) is 0 Å². The molecule has 2 aromatic rings. The lowest BCUT2D eigenvalue weighted by atomic mass is 10.1. The molecule has 1 aromatic heterocycles. The van der Waals surface area contributed by atoms with Crippen LogP contribution in [0.15, 0.2) is 34.8 Å². The summed E-state index contributed by atoms with van der Waals surface area (Å²) in [7, 11) is 0. The predicted molar refractivity (Wildman–Crippen MR) is 76.9 cm³/mol. The number of halogens is 1. The topological polar surface area (TPSA) is 36.4 Å². The van der Waals surface area contributed by atoms with Crippen LogP contribution in [0.3, 0.4) is 0 Å². The fourth-order valence-corrected chi connectivity index (χ4v) is 2.77. The summed E-state index contributed by atoms with van der Waals surface area (Å²) >= 11 is 3.47. The van der Waals surface area contributed by atoms with Crippen molar-refractivity contribution in [3.05, 3.63) is 34.8 Å². The molecule has 0 bridgehead atoms. The van der Waals surface area contributed by atoms with E-state index >= 15 is 0 Å². The third-order valence-electron chi connectivity index (χ3n) is 3.36. The van der Waals surface area contributed by atoms with Crippen molar-refractivity contribution in [3.8, 4) is 0 Å². The number of anilines is 1. The van der Waals surface area contributed by atoms with E-state index in [1.807, 2.05) is 18.2 Å². The second-order valence-corrected chi connectivity index (χ2v) is 5.66. The van der Waals surface area contributed by atoms with Crippen LogP contribution in [0.1, 0.15) is 12.8 Å². The normalized spacial score (nSPS) is 20.3. The number of benzene rings is 1. The first-order valence-corrected chi connectivity index (χ1v) is 7.01. The van der Waals surface area contributed by atoms with Crippen molar-refractivity contribution < 1.29 is 5.11 Å². The number of aliphatic hydroxyl groups is 1. The molecule has 0 aliphatic carbocycles. The van der Waals surface area contributed by atoms with E-state index < -0.39 is 0 Å². The smallest absolute Gasteiger partial charge is 0.129 e. The lowest BCUT2D eigenvalue weighted by Crippen LogP contribution is -2.38. The van der Waals surface area contributed by atoms with E-state index in [0.29, 0.717) is 6.54 Å². The number of aliphatic hydroxyl groups excluding tert-OH is 1. The van der Waals surface area contributed by atoms with Gasteiger partial charge >= 0.3 is 0 Å². The lowest BCUT2D eigenvalue weighted by Gasteiger charge is -2.31. The number of pyridine rings is 1. The van der Waals surface area contributed by atoms with Gasteiger partial charge in [-0.25, -0.2) is 4.98 Å². The molecule has 3 rings (SSSR count). The van der Waals surface area contributed by atoms with Gasteiger partial charge in [-0.15, -0.1) is 0 Å². The maximum atomic E-state index is 9.72. The molecule has 1 aliphatic rings. The number of fused-ring (bicyclic) bond motifs is 1. The number of aromatic nitrogens is 1. The zero-order valence-corrected chi connectivity index (χ0v) is 11.6. The van der Waals surface area contributed by atoms with Crippen LogP contribution in [0.25, 0.3) is 10.9 Å². The molecule has 0 spiro atoms. The van der Waals surface area contributed by atoms with Crippen LogP contribution in [-0.2, 0) is 0 Å². The van der Waals surface area contributed by atoms with Crippen LogP contribution >= 0.6 is 15.9 Å². The summed E-state index contributed by atoms with van der Waals surface area (Å²) in [6, 6.07) is 10.2. The van der Waals surface area contributed by atoms with E-state index in [2.05, 4.69) is 37.9 Å². The molecular formula is C14H15BrN2O. The van der Waals surface area contributed by atoms with Gasteiger partial charge in [0, 0.05) is 22.9 Å². The van der Waals surface area contributed by atoms with Crippen molar-refractivity contribution in [2.45, 2.75) is 18.9 Å². The third kappa shape index (κ3) is 2.35. The minimum absolute atomic E-state index is 0.223. The summed E-state index contributed by atoms with van der Waals surface area (Å²) in [5.41, 5.74) is 0.988. The first-order valence-electron chi connectivity index (χ1n) is 6.22. The van der Waals surface area contributed by atoms with Gasteiger partial charge in [-0.1, -0.05) is 22.0 Å². The monoisotopic (exact) mass is 306 g/mol. The van der Waals surface area contributed by atoms with Gasteiger partial charge in [-0.3, -0.25) is 0 Å². The molecule has 4 heteroatoms. The molecule has 0 saturated carbocycles. The number of rotatable bonds is 1. The molecule has 1 aliphatic heterocycles. The predicted octanol–water partition coefficient (Wildman–Crippen LogP) is 2.96. The van der Waals surface area contributed by atoms with Crippen molar-refractivity contribution in [2.75, 3.05) is 18.0 Å². The summed E-state index contributed by atoms with van der Waals surface area (Å²) < 4.78 is 1.04. The van der Waals surface area contributed by atoms with Gasteiger partial charge in [0.15, 0.2) is 0 Å². The van der Waals surface area contributed by atoms with Crippen molar-refractivity contribution >= 4 is 32.7 Å². The molecule has 2 heterocycles. The number of nitrogens with zero attached hydrogens (tertiary/aromatic N) is 2. The maximum absolute atomic E-state index is 9.72. The SMILES string of the molecule is OC1CCCN(c2ccc3ccc(Br)cc3n2)C1. The average molecular weight is 307 g/mol. The Morgan fingerprint density at radius 3 is 2.94 bits per heavy atom. The third-order valence-corrected chi connectivity index (χ3v) is 3.85. The molecule has 0 amide bonds. The highest BCUT2D eigenvalue weighted by molar-refractivity contribution is 9.10. The fraction of sp³-hybridized carbons (Fsp3) is 0.357. The van der Waals surface area contributed by atoms with Crippen molar-refractivity contribution in [3.63, 3.8) is 0 Å². The lowest BCUT2D eigenvalue weighted by molar-refractivity contribution is 0.154. The number of hydrogen-bond acceptors (Lipinski definition) is 3. The molecule has 1 atom stereocenters. The van der Waals surface area contributed by atoms with Gasteiger partial charge in [0.1, 0.15) is 5.82 Å². The molecule has 3 nitrogen and oxygen atoms in total. The molecule has 1 N–H and O–H groups in total. The molecule has 0 radical (unpaired) electrons. The molecule has 1 saturated heterocycles. The highest BCUT2D eigenvalue weighted by atomic mass is 79.9. The number of β-amino-alcohol motifs (C(OH)–C–C–N with tert-alkyl or cyclic N) is 1. The molecule has 1 unspecified atom stereocenters. The molecular weight excluding hydrogens is 292 g/mol. The van der Waals surface area contributed by atoms with E-state index in [9.17, 15) is 5.11 Å². The molecule has 94 valence electrons. The Bertz CT molecular complexity index is 573. The Morgan fingerprint density at radius 2 is 2.11 bits per heavy atom. The van der Waals surface area contributed by atoms with E-state index in [1.54, 1.807) is 0 Å². The maximum Gasteiger partial charge on any atom is 0.129 e. The van der Waals surface area contributed by atoms with Gasteiger partial charge < -0.3 is 10.0 Å². The highest BCUT2D eigenvalue weighted by Gasteiger charge is 2.18. The standard InChI is InChI=1S/C14H15BrN2O/c15-11-5-3-10-4-6-14(16-13(10)8-11)17-7-1-2-12(18)9-17/h3-6,8,12,18H,1-2,7,9H2. The Hall–Kier alpha value is -1.13. The molecule has 1 aromatic carbocycles. The minimum Gasteiger partial charge on any atom is -0.391 e. The van der Waals surface area contributed by atoms with Gasteiger partial charge in [0.05, 0.1) is 11.6 Å². The second-order valence-electron chi connectivity index (χ2n) is 4.75. The minimum atomic E-state index is -0.223. The quantitative estimate of drug-likeness (QED) is 0.880. The molecule has 18 heavy (non-hydrogen) atoms. The number of piperidine rings is 1. The first kappa shape index (κ1) is 11.9. The zero-order valence-electron chi connectivity index (χ0n) is 10.0. The van der Waals surface area contributed by atoms with E-state index in [1.165, 1.54) is 0 Å². The second kappa shape index (κ2) is 4.86. The van der Waals surface area contributed by atoms with Gasteiger partial charge in [-0.05, 0) is 37.1 Å². The van der Waals surface area contributed by atoms with Crippen LogP contribution in [-0.4, -0.2) is 29.3 Å². The largest absolute Gasteiger partial charge is 0.391 e. The van der Waals surface area contributed by atoms with E-state index in [0.717, 1.165) is 40.6 Å². The van der Waals surface area contributed by atoms with Crippen LogP contribution in [0, 0.1) is 0 Å². The van der Waals surface area contributed by atoms with Crippen molar-refractivity contribution in [1.82, 2.24) is 4.98 Å². The van der Waals surface area contributed by atoms with Crippen LogP contribution < -0.4 is 4.90 Å². The van der Waals surface area contributed by atoms with E-state index in [4.69, 9.17) is 0 Å². The Balaban J connectivity index is 1.96. The summed E-state index contributed by atoms with van der Waals surface area (Å²) in [5, 5.41) is 10.9. The Morgan fingerprint density at radius 1 is 1.28 bits per heavy atom. The Labute approximate surface area is 115 Å². The van der Waals surface area contributed by atoms with Gasteiger partial charge in [0.2, 0.25) is 0 Å². The zero-order chi connectivity index (χ0) is 12.5.